The molecule has 3 aliphatic rings. The summed E-state index contributed by atoms with van der Waals surface area (Å²) in [6.07, 6.45) is 6.60. The number of nitrogens with zero attached hydrogens (tertiary/aromatic N) is 1. The number of rotatable bonds is 4. The summed E-state index contributed by atoms with van der Waals surface area (Å²) in [6, 6.07) is 0. The number of ether oxygens (including phenoxy) is 1. The molecule has 0 spiro atoms. The maximum atomic E-state index is 5.53. The van der Waals surface area contributed by atoms with Crippen molar-refractivity contribution in [2.45, 2.75) is 64.0 Å². The van der Waals surface area contributed by atoms with Gasteiger partial charge in [-0.1, -0.05) is 6.92 Å². The van der Waals surface area contributed by atoms with E-state index in [9.17, 15) is 0 Å². The van der Waals surface area contributed by atoms with Gasteiger partial charge in [-0.2, -0.15) is 0 Å². The lowest BCUT2D eigenvalue weighted by molar-refractivity contribution is -0.0189. The molecule has 3 fully saturated rings. The van der Waals surface area contributed by atoms with Crippen LogP contribution in [0.1, 0.15) is 52.9 Å². The first-order chi connectivity index (χ1) is 9.56. The highest BCUT2D eigenvalue weighted by atomic mass is 16.5. The fraction of sp³-hybridized carbons (Fsp3) is 1.00. The second kappa shape index (κ2) is 5.58. The van der Waals surface area contributed by atoms with Crippen molar-refractivity contribution in [2.75, 3.05) is 32.8 Å². The second-order valence-electron chi connectivity index (χ2n) is 7.83. The first kappa shape index (κ1) is 14.8. The molecule has 2 saturated heterocycles. The topological polar surface area (TPSA) is 24.5 Å². The zero-order valence-electron chi connectivity index (χ0n) is 13.6. The SMILES string of the molecule is CCC1(C)CNC(C)(C2CC2)CN1CC1CCOCC1. The standard InChI is InChI=1S/C17H32N2O/c1-4-16(2)12-18-17(3,15-5-6-15)13-19(16)11-14-7-9-20-10-8-14/h14-15,18H,4-13H2,1-3H3. The van der Waals surface area contributed by atoms with E-state index in [1.165, 1.54) is 45.2 Å². The van der Waals surface area contributed by atoms with E-state index in [2.05, 4.69) is 31.0 Å². The predicted molar refractivity (Wildman–Crippen MR) is 82.9 cm³/mol. The zero-order valence-corrected chi connectivity index (χ0v) is 13.6. The summed E-state index contributed by atoms with van der Waals surface area (Å²) in [4.78, 5) is 2.82. The zero-order chi connectivity index (χ0) is 14.2. The van der Waals surface area contributed by atoms with Crippen molar-refractivity contribution in [3.05, 3.63) is 0 Å². The molecule has 2 atom stereocenters. The van der Waals surface area contributed by atoms with Gasteiger partial charge in [0.05, 0.1) is 0 Å². The lowest BCUT2D eigenvalue weighted by Crippen LogP contribution is -2.69. The lowest BCUT2D eigenvalue weighted by atomic mass is 9.83. The Kier molecular flexibility index (Phi) is 4.13. The number of hydrogen-bond donors (Lipinski definition) is 1. The van der Waals surface area contributed by atoms with Crippen LogP contribution in [0.25, 0.3) is 0 Å². The molecule has 3 heteroatoms. The Labute approximate surface area is 124 Å². The molecule has 116 valence electrons. The van der Waals surface area contributed by atoms with Gasteiger partial charge >= 0.3 is 0 Å². The van der Waals surface area contributed by atoms with E-state index in [4.69, 9.17) is 4.74 Å². The van der Waals surface area contributed by atoms with Crippen LogP contribution in [-0.4, -0.2) is 48.8 Å². The van der Waals surface area contributed by atoms with Gasteiger partial charge in [0, 0.05) is 43.9 Å². The third-order valence-corrected chi connectivity index (χ3v) is 6.22. The molecule has 1 saturated carbocycles. The summed E-state index contributed by atoms with van der Waals surface area (Å²) < 4.78 is 5.53. The van der Waals surface area contributed by atoms with E-state index in [0.717, 1.165) is 31.6 Å². The Balaban J connectivity index is 1.68. The summed E-state index contributed by atoms with van der Waals surface area (Å²) in [6.45, 7) is 12.9. The van der Waals surface area contributed by atoms with Gasteiger partial charge in [-0.05, 0) is 57.8 Å². The van der Waals surface area contributed by atoms with Crippen LogP contribution in [-0.2, 0) is 4.74 Å². The highest BCUT2D eigenvalue weighted by molar-refractivity contribution is 5.07. The van der Waals surface area contributed by atoms with Crippen molar-refractivity contribution >= 4 is 0 Å². The van der Waals surface area contributed by atoms with Crippen LogP contribution in [0.4, 0.5) is 0 Å². The fourth-order valence-electron chi connectivity index (χ4n) is 4.02. The van der Waals surface area contributed by atoms with Crippen LogP contribution < -0.4 is 5.32 Å². The molecular formula is C17H32N2O. The molecule has 1 N–H and O–H groups in total. The summed E-state index contributed by atoms with van der Waals surface area (Å²) in [5, 5.41) is 3.90. The van der Waals surface area contributed by atoms with E-state index < -0.39 is 0 Å². The molecular weight excluding hydrogens is 248 g/mol. The smallest absolute Gasteiger partial charge is 0.0469 e. The highest BCUT2D eigenvalue weighted by Crippen LogP contribution is 2.43. The minimum Gasteiger partial charge on any atom is -0.381 e. The Morgan fingerprint density at radius 1 is 1.15 bits per heavy atom. The molecule has 3 nitrogen and oxygen atoms in total. The molecule has 2 heterocycles. The molecule has 0 aromatic rings. The molecule has 0 radical (unpaired) electrons. The van der Waals surface area contributed by atoms with E-state index >= 15 is 0 Å². The monoisotopic (exact) mass is 280 g/mol. The molecule has 0 amide bonds. The third kappa shape index (κ3) is 2.90. The van der Waals surface area contributed by atoms with Crippen molar-refractivity contribution in [3.8, 4) is 0 Å². The molecule has 20 heavy (non-hydrogen) atoms. The van der Waals surface area contributed by atoms with Crippen LogP contribution in [0.5, 0.6) is 0 Å². The quantitative estimate of drug-likeness (QED) is 0.857. The highest BCUT2D eigenvalue weighted by Gasteiger charge is 2.49. The van der Waals surface area contributed by atoms with E-state index in [0.29, 0.717) is 11.1 Å². The second-order valence-corrected chi connectivity index (χ2v) is 7.83. The van der Waals surface area contributed by atoms with Crippen molar-refractivity contribution in [1.82, 2.24) is 10.2 Å². The predicted octanol–water partition coefficient (Wildman–Crippen LogP) is 2.66. The number of nitrogens with one attached hydrogen (secondary N) is 1. The van der Waals surface area contributed by atoms with Gasteiger partial charge < -0.3 is 10.1 Å². The lowest BCUT2D eigenvalue weighted by Gasteiger charge is -2.53. The average Bonchev–Trinajstić information content (AvgIpc) is 3.29. The van der Waals surface area contributed by atoms with Crippen molar-refractivity contribution in [1.29, 1.82) is 0 Å². The molecule has 2 aliphatic heterocycles. The summed E-state index contributed by atoms with van der Waals surface area (Å²) in [5.41, 5.74) is 0.701. The maximum absolute atomic E-state index is 5.53. The average molecular weight is 280 g/mol. The largest absolute Gasteiger partial charge is 0.381 e. The first-order valence-electron chi connectivity index (χ1n) is 8.63. The van der Waals surface area contributed by atoms with E-state index in [1.807, 2.05) is 0 Å². The minimum atomic E-state index is 0.340. The van der Waals surface area contributed by atoms with Gasteiger partial charge in [0.1, 0.15) is 0 Å². The van der Waals surface area contributed by atoms with Gasteiger partial charge in [-0.15, -0.1) is 0 Å². The summed E-state index contributed by atoms with van der Waals surface area (Å²) in [5.74, 6) is 1.76. The van der Waals surface area contributed by atoms with Gasteiger partial charge in [0.25, 0.3) is 0 Å². The van der Waals surface area contributed by atoms with Crippen molar-refractivity contribution in [3.63, 3.8) is 0 Å². The van der Waals surface area contributed by atoms with E-state index in [1.54, 1.807) is 0 Å². The van der Waals surface area contributed by atoms with Gasteiger partial charge in [-0.3, -0.25) is 4.90 Å². The molecule has 1 aliphatic carbocycles. The van der Waals surface area contributed by atoms with Crippen LogP contribution in [0.3, 0.4) is 0 Å². The first-order valence-corrected chi connectivity index (χ1v) is 8.63. The van der Waals surface area contributed by atoms with Gasteiger partial charge in [0.2, 0.25) is 0 Å². The summed E-state index contributed by atoms with van der Waals surface area (Å²) >= 11 is 0. The fourth-order valence-corrected chi connectivity index (χ4v) is 4.02. The van der Waals surface area contributed by atoms with Crippen LogP contribution >= 0.6 is 0 Å². The Hall–Kier alpha value is -0.120. The summed E-state index contributed by atoms with van der Waals surface area (Å²) in [7, 11) is 0. The molecule has 3 rings (SSSR count). The van der Waals surface area contributed by atoms with Crippen molar-refractivity contribution < 1.29 is 4.74 Å². The molecule has 0 bridgehead atoms. The van der Waals surface area contributed by atoms with Crippen molar-refractivity contribution in [2.24, 2.45) is 11.8 Å². The third-order valence-electron chi connectivity index (χ3n) is 6.22. The van der Waals surface area contributed by atoms with Crippen LogP contribution in [0, 0.1) is 11.8 Å². The van der Waals surface area contributed by atoms with E-state index in [-0.39, 0.29) is 0 Å². The maximum Gasteiger partial charge on any atom is 0.0469 e. The van der Waals surface area contributed by atoms with Crippen LogP contribution in [0.2, 0.25) is 0 Å². The molecule has 0 aromatic carbocycles. The Bertz CT molecular complexity index is 338. The Morgan fingerprint density at radius 2 is 1.85 bits per heavy atom. The molecule has 2 unspecified atom stereocenters. The van der Waals surface area contributed by atoms with Gasteiger partial charge in [-0.25, -0.2) is 0 Å². The number of piperazine rings is 1. The molecule has 0 aromatic heterocycles. The number of hydrogen-bond acceptors (Lipinski definition) is 3. The van der Waals surface area contributed by atoms with Gasteiger partial charge in [0.15, 0.2) is 0 Å². The minimum absolute atomic E-state index is 0.340. The van der Waals surface area contributed by atoms with Crippen LogP contribution in [0.15, 0.2) is 0 Å². The normalized spacial score (nSPS) is 41.0. The Morgan fingerprint density at radius 3 is 2.45 bits per heavy atom.